The van der Waals surface area contributed by atoms with Gasteiger partial charge >= 0.3 is 0 Å². The van der Waals surface area contributed by atoms with Crippen molar-refractivity contribution in [3.8, 4) is 6.07 Å². The molecule has 0 bridgehead atoms. The molecule has 1 rings (SSSR count). The number of hydrogen-bond donors (Lipinski definition) is 1. The van der Waals surface area contributed by atoms with Gasteiger partial charge in [-0.25, -0.2) is 0 Å². The minimum Gasteiger partial charge on any atom is -0.312 e. The summed E-state index contributed by atoms with van der Waals surface area (Å²) < 4.78 is 0. The average molecular weight is 209 g/mol. The molecular formula is C12H23N3. The summed E-state index contributed by atoms with van der Waals surface area (Å²) in [6.45, 7) is 7.20. The van der Waals surface area contributed by atoms with Crippen molar-refractivity contribution >= 4 is 0 Å². The largest absolute Gasteiger partial charge is 0.312 e. The Bertz CT molecular complexity index is 224. The molecule has 1 unspecified atom stereocenters. The van der Waals surface area contributed by atoms with Crippen LogP contribution in [0.1, 0.15) is 39.5 Å². The fourth-order valence-corrected chi connectivity index (χ4v) is 2.13. The van der Waals surface area contributed by atoms with E-state index in [9.17, 15) is 5.26 Å². The number of rotatable bonds is 7. The molecular weight excluding hydrogens is 186 g/mol. The maximum Gasteiger partial charge on any atom is 0.119 e. The summed E-state index contributed by atoms with van der Waals surface area (Å²) in [7, 11) is 0. The van der Waals surface area contributed by atoms with Gasteiger partial charge in [-0.3, -0.25) is 0 Å². The van der Waals surface area contributed by atoms with Crippen LogP contribution in [-0.2, 0) is 0 Å². The SMILES string of the molecule is CCCN(CCC)CC(N)(C#N)C1CC1. The first kappa shape index (κ1) is 12.5. The minimum absolute atomic E-state index is 0.443. The smallest absolute Gasteiger partial charge is 0.119 e. The molecule has 0 aliphatic heterocycles. The van der Waals surface area contributed by atoms with Gasteiger partial charge in [-0.05, 0) is 44.7 Å². The fraction of sp³-hybridized carbons (Fsp3) is 0.917. The second kappa shape index (κ2) is 5.48. The Kier molecular flexibility index (Phi) is 4.56. The molecule has 0 amide bonds. The second-order valence-electron chi connectivity index (χ2n) is 4.70. The zero-order chi connectivity index (χ0) is 11.3. The highest BCUT2D eigenvalue weighted by Crippen LogP contribution is 2.38. The Morgan fingerprint density at radius 2 is 1.87 bits per heavy atom. The molecule has 1 aliphatic rings. The molecule has 0 spiro atoms. The predicted molar refractivity (Wildman–Crippen MR) is 62.3 cm³/mol. The molecule has 2 N–H and O–H groups in total. The summed E-state index contributed by atoms with van der Waals surface area (Å²) in [6, 6.07) is 2.32. The fourth-order valence-electron chi connectivity index (χ4n) is 2.13. The maximum atomic E-state index is 9.18. The summed E-state index contributed by atoms with van der Waals surface area (Å²) in [5.41, 5.74) is 5.57. The zero-order valence-electron chi connectivity index (χ0n) is 10.00. The molecule has 1 atom stereocenters. The number of hydrogen-bond acceptors (Lipinski definition) is 3. The number of nitriles is 1. The van der Waals surface area contributed by atoms with Crippen LogP contribution in [0.3, 0.4) is 0 Å². The number of nitrogens with zero attached hydrogens (tertiary/aromatic N) is 2. The van der Waals surface area contributed by atoms with Crippen LogP contribution in [0.2, 0.25) is 0 Å². The third-order valence-electron chi connectivity index (χ3n) is 3.08. The summed E-state index contributed by atoms with van der Waals surface area (Å²) in [6.07, 6.45) is 4.53. The van der Waals surface area contributed by atoms with Crippen LogP contribution in [0.4, 0.5) is 0 Å². The third kappa shape index (κ3) is 3.48. The van der Waals surface area contributed by atoms with Crippen molar-refractivity contribution in [1.82, 2.24) is 4.90 Å². The summed E-state index contributed by atoms with van der Waals surface area (Å²) >= 11 is 0. The summed E-state index contributed by atoms with van der Waals surface area (Å²) in [5.74, 6) is 0.443. The average Bonchev–Trinajstić information content (AvgIpc) is 3.02. The van der Waals surface area contributed by atoms with Gasteiger partial charge in [0, 0.05) is 6.54 Å². The molecule has 0 heterocycles. The quantitative estimate of drug-likeness (QED) is 0.695. The Labute approximate surface area is 93.2 Å². The van der Waals surface area contributed by atoms with Crippen molar-refractivity contribution in [2.75, 3.05) is 19.6 Å². The Morgan fingerprint density at radius 1 is 1.33 bits per heavy atom. The predicted octanol–water partition coefficient (Wildman–Crippen LogP) is 1.74. The van der Waals surface area contributed by atoms with Gasteiger partial charge in [0.25, 0.3) is 0 Å². The van der Waals surface area contributed by atoms with E-state index in [0.29, 0.717) is 5.92 Å². The molecule has 0 saturated heterocycles. The van der Waals surface area contributed by atoms with E-state index < -0.39 is 5.54 Å². The van der Waals surface area contributed by atoms with Gasteiger partial charge in [-0.15, -0.1) is 0 Å². The van der Waals surface area contributed by atoms with Gasteiger partial charge < -0.3 is 10.6 Å². The van der Waals surface area contributed by atoms with Gasteiger partial charge in [-0.1, -0.05) is 13.8 Å². The van der Waals surface area contributed by atoms with Gasteiger partial charge in [0.15, 0.2) is 0 Å². The molecule has 1 saturated carbocycles. The molecule has 3 nitrogen and oxygen atoms in total. The minimum atomic E-state index is -0.593. The van der Waals surface area contributed by atoms with Crippen molar-refractivity contribution in [1.29, 1.82) is 5.26 Å². The molecule has 1 fully saturated rings. The molecule has 0 aromatic heterocycles. The molecule has 15 heavy (non-hydrogen) atoms. The lowest BCUT2D eigenvalue weighted by Crippen LogP contribution is -2.51. The molecule has 3 heteroatoms. The Balaban J connectivity index is 2.50. The standard InChI is InChI=1S/C12H23N3/c1-3-7-15(8-4-2)10-12(14,9-13)11-5-6-11/h11H,3-8,10,14H2,1-2H3. The topological polar surface area (TPSA) is 53.0 Å². The zero-order valence-corrected chi connectivity index (χ0v) is 10.00. The van der Waals surface area contributed by atoms with Crippen molar-refractivity contribution in [2.45, 2.75) is 45.1 Å². The lowest BCUT2D eigenvalue weighted by Gasteiger charge is -2.30. The molecule has 0 aromatic rings. The van der Waals surface area contributed by atoms with Crippen LogP contribution >= 0.6 is 0 Å². The van der Waals surface area contributed by atoms with E-state index in [1.807, 2.05) is 0 Å². The van der Waals surface area contributed by atoms with Crippen LogP contribution in [0, 0.1) is 17.2 Å². The molecule has 1 aliphatic carbocycles. The first-order chi connectivity index (χ1) is 7.16. The van der Waals surface area contributed by atoms with Crippen LogP contribution in [0.5, 0.6) is 0 Å². The monoisotopic (exact) mass is 209 g/mol. The maximum absolute atomic E-state index is 9.18. The van der Waals surface area contributed by atoms with Gasteiger partial charge in [0.05, 0.1) is 6.07 Å². The van der Waals surface area contributed by atoms with Crippen LogP contribution in [0.25, 0.3) is 0 Å². The third-order valence-corrected chi connectivity index (χ3v) is 3.08. The van der Waals surface area contributed by atoms with Gasteiger partial charge in [-0.2, -0.15) is 5.26 Å². The van der Waals surface area contributed by atoms with E-state index in [1.54, 1.807) is 0 Å². The van der Waals surface area contributed by atoms with E-state index in [4.69, 9.17) is 5.73 Å². The van der Waals surface area contributed by atoms with E-state index >= 15 is 0 Å². The van der Waals surface area contributed by atoms with E-state index in [1.165, 1.54) is 0 Å². The second-order valence-corrected chi connectivity index (χ2v) is 4.70. The highest BCUT2D eigenvalue weighted by Gasteiger charge is 2.43. The normalized spacial score (nSPS) is 19.9. The van der Waals surface area contributed by atoms with Gasteiger partial charge in [0.1, 0.15) is 5.54 Å². The highest BCUT2D eigenvalue weighted by atomic mass is 15.1. The lowest BCUT2D eigenvalue weighted by atomic mass is 9.95. The number of nitrogens with two attached hydrogens (primary N) is 1. The van der Waals surface area contributed by atoms with Crippen LogP contribution < -0.4 is 5.73 Å². The van der Waals surface area contributed by atoms with E-state index in [-0.39, 0.29) is 0 Å². The first-order valence-corrected chi connectivity index (χ1v) is 6.08. The first-order valence-electron chi connectivity index (χ1n) is 6.08. The van der Waals surface area contributed by atoms with Gasteiger partial charge in [0.2, 0.25) is 0 Å². The summed E-state index contributed by atoms with van der Waals surface area (Å²) in [5, 5.41) is 9.18. The van der Waals surface area contributed by atoms with Crippen molar-refractivity contribution in [3.63, 3.8) is 0 Å². The molecule has 0 aromatic carbocycles. The lowest BCUT2D eigenvalue weighted by molar-refractivity contribution is 0.222. The van der Waals surface area contributed by atoms with Crippen molar-refractivity contribution < 1.29 is 0 Å². The van der Waals surface area contributed by atoms with Crippen molar-refractivity contribution in [3.05, 3.63) is 0 Å². The van der Waals surface area contributed by atoms with Crippen LogP contribution in [-0.4, -0.2) is 30.1 Å². The van der Waals surface area contributed by atoms with E-state index in [0.717, 1.165) is 45.3 Å². The van der Waals surface area contributed by atoms with Crippen LogP contribution in [0.15, 0.2) is 0 Å². The Hall–Kier alpha value is -0.590. The summed E-state index contributed by atoms with van der Waals surface area (Å²) in [4.78, 5) is 2.33. The molecule has 0 radical (unpaired) electrons. The molecule has 86 valence electrons. The van der Waals surface area contributed by atoms with Crippen molar-refractivity contribution in [2.24, 2.45) is 11.7 Å². The van der Waals surface area contributed by atoms with E-state index in [2.05, 4.69) is 24.8 Å². The highest BCUT2D eigenvalue weighted by molar-refractivity contribution is 5.14. The Morgan fingerprint density at radius 3 is 2.20 bits per heavy atom.